The van der Waals surface area contributed by atoms with Crippen LogP contribution in [0.4, 0.5) is 0 Å². The van der Waals surface area contributed by atoms with E-state index in [0.717, 1.165) is 16.0 Å². The van der Waals surface area contributed by atoms with Gasteiger partial charge in [0, 0.05) is 8.04 Å². The molecule has 0 fully saturated rings. The van der Waals surface area contributed by atoms with Gasteiger partial charge in [-0.2, -0.15) is 0 Å². The van der Waals surface area contributed by atoms with Crippen LogP contribution < -0.4 is 5.32 Å². The SMILES string of the molecule is CNC(c1ccc(C)o1)c1cc(Br)ccc1I. The summed E-state index contributed by atoms with van der Waals surface area (Å²) in [4.78, 5) is 0. The van der Waals surface area contributed by atoms with Crippen molar-refractivity contribution in [2.24, 2.45) is 0 Å². The molecule has 0 amide bonds. The van der Waals surface area contributed by atoms with Gasteiger partial charge in [-0.3, -0.25) is 0 Å². The Balaban J connectivity index is 2.45. The first-order valence-electron chi connectivity index (χ1n) is 5.30. The van der Waals surface area contributed by atoms with Crippen LogP contribution in [0.5, 0.6) is 0 Å². The van der Waals surface area contributed by atoms with Crippen LogP contribution in [0.2, 0.25) is 0 Å². The normalized spacial score (nSPS) is 12.7. The van der Waals surface area contributed by atoms with Gasteiger partial charge in [0.1, 0.15) is 11.5 Å². The largest absolute Gasteiger partial charge is 0.464 e. The topological polar surface area (TPSA) is 25.2 Å². The summed E-state index contributed by atoms with van der Waals surface area (Å²) >= 11 is 5.86. The van der Waals surface area contributed by atoms with E-state index in [-0.39, 0.29) is 6.04 Å². The van der Waals surface area contributed by atoms with E-state index in [4.69, 9.17) is 4.42 Å². The first kappa shape index (κ1) is 13.1. The predicted molar refractivity (Wildman–Crippen MR) is 81.2 cm³/mol. The van der Waals surface area contributed by atoms with Gasteiger partial charge in [-0.1, -0.05) is 15.9 Å². The third kappa shape index (κ3) is 2.92. The van der Waals surface area contributed by atoms with Crippen molar-refractivity contribution >= 4 is 38.5 Å². The molecule has 17 heavy (non-hydrogen) atoms. The Hall–Kier alpha value is -0.330. The highest BCUT2D eigenvalue weighted by atomic mass is 127. The molecule has 1 aromatic heterocycles. The van der Waals surface area contributed by atoms with Crippen LogP contribution in [0.15, 0.2) is 39.2 Å². The molecular weight excluding hydrogens is 393 g/mol. The maximum Gasteiger partial charge on any atom is 0.125 e. The van der Waals surface area contributed by atoms with Gasteiger partial charge in [-0.05, 0) is 72.5 Å². The second-order valence-electron chi connectivity index (χ2n) is 3.84. The Kier molecular flexibility index (Phi) is 4.27. The van der Waals surface area contributed by atoms with Gasteiger partial charge < -0.3 is 9.73 Å². The van der Waals surface area contributed by atoms with Gasteiger partial charge in [-0.25, -0.2) is 0 Å². The third-order valence-electron chi connectivity index (χ3n) is 2.60. The monoisotopic (exact) mass is 405 g/mol. The van der Waals surface area contributed by atoms with E-state index in [2.05, 4.69) is 56.0 Å². The molecule has 0 radical (unpaired) electrons. The summed E-state index contributed by atoms with van der Waals surface area (Å²) in [6.07, 6.45) is 0. The van der Waals surface area contributed by atoms with Crippen molar-refractivity contribution in [3.63, 3.8) is 0 Å². The predicted octanol–water partition coefficient (Wildman–Crippen LogP) is 4.26. The molecule has 2 rings (SSSR count). The van der Waals surface area contributed by atoms with Gasteiger partial charge in [0.05, 0.1) is 6.04 Å². The Morgan fingerprint density at radius 2 is 2.06 bits per heavy atom. The highest BCUT2D eigenvalue weighted by molar-refractivity contribution is 14.1. The van der Waals surface area contributed by atoms with E-state index < -0.39 is 0 Å². The van der Waals surface area contributed by atoms with Crippen molar-refractivity contribution in [3.8, 4) is 0 Å². The standard InChI is InChI=1S/C13H13BrINO/c1-8-3-6-12(17-8)13(16-2)10-7-9(14)4-5-11(10)15/h3-7,13,16H,1-2H3. The van der Waals surface area contributed by atoms with Gasteiger partial charge in [0.15, 0.2) is 0 Å². The van der Waals surface area contributed by atoms with Crippen molar-refractivity contribution in [2.45, 2.75) is 13.0 Å². The van der Waals surface area contributed by atoms with E-state index in [0.29, 0.717) is 0 Å². The summed E-state index contributed by atoms with van der Waals surface area (Å²) in [6, 6.07) is 10.4. The highest BCUT2D eigenvalue weighted by Gasteiger charge is 2.18. The number of halogens is 2. The number of aryl methyl sites for hydroxylation is 1. The van der Waals surface area contributed by atoms with Gasteiger partial charge in [-0.15, -0.1) is 0 Å². The molecule has 0 spiro atoms. The number of hydrogen-bond acceptors (Lipinski definition) is 2. The first-order valence-corrected chi connectivity index (χ1v) is 7.17. The minimum absolute atomic E-state index is 0.0908. The molecule has 0 aliphatic rings. The fraction of sp³-hybridized carbons (Fsp3) is 0.231. The van der Waals surface area contributed by atoms with E-state index in [1.165, 1.54) is 9.13 Å². The summed E-state index contributed by atoms with van der Waals surface area (Å²) in [6.45, 7) is 1.96. The van der Waals surface area contributed by atoms with Crippen LogP contribution in [-0.2, 0) is 0 Å². The molecule has 90 valence electrons. The average molecular weight is 406 g/mol. The van der Waals surface area contributed by atoms with Gasteiger partial charge >= 0.3 is 0 Å². The van der Waals surface area contributed by atoms with Gasteiger partial charge in [0.25, 0.3) is 0 Å². The molecule has 1 aromatic carbocycles. The Bertz CT molecular complexity index is 524. The highest BCUT2D eigenvalue weighted by Crippen LogP contribution is 2.29. The van der Waals surface area contributed by atoms with E-state index in [9.17, 15) is 0 Å². The van der Waals surface area contributed by atoms with Crippen LogP contribution in [0.1, 0.15) is 23.1 Å². The van der Waals surface area contributed by atoms with E-state index >= 15 is 0 Å². The maximum atomic E-state index is 5.70. The van der Waals surface area contributed by atoms with Crippen molar-refractivity contribution in [3.05, 3.63) is 55.5 Å². The summed E-state index contributed by atoms with van der Waals surface area (Å²) in [5, 5.41) is 3.30. The summed E-state index contributed by atoms with van der Waals surface area (Å²) in [5.41, 5.74) is 1.22. The van der Waals surface area contributed by atoms with Gasteiger partial charge in [0.2, 0.25) is 0 Å². The lowest BCUT2D eigenvalue weighted by molar-refractivity contribution is 0.443. The minimum atomic E-state index is 0.0908. The van der Waals surface area contributed by atoms with Crippen LogP contribution in [0.3, 0.4) is 0 Å². The van der Waals surface area contributed by atoms with Crippen molar-refractivity contribution in [1.82, 2.24) is 5.32 Å². The maximum absolute atomic E-state index is 5.70. The molecule has 2 nitrogen and oxygen atoms in total. The molecule has 0 saturated heterocycles. The molecule has 1 heterocycles. The fourth-order valence-corrected chi connectivity index (χ4v) is 2.82. The number of benzene rings is 1. The lowest BCUT2D eigenvalue weighted by Crippen LogP contribution is -2.18. The molecule has 4 heteroatoms. The summed E-state index contributed by atoms with van der Waals surface area (Å²) in [5.74, 6) is 1.88. The molecule has 0 aliphatic heterocycles. The molecular formula is C13H13BrINO. The van der Waals surface area contributed by atoms with Crippen LogP contribution in [0, 0.1) is 10.5 Å². The Labute approximate surface area is 123 Å². The molecule has 1 N–H and O–H groups in total. The van der Waals surface area contributed by atoms with Crippen molar-refractivity contribution in [1.29, 1.82) is 0 Å². The number of furan rings is 1. The van der Waals surface area contributed by atoms with Crippen LogP contribution >= 0.6 is 38.5 Å². The second kappa shape index (κ2) is 5.54. The van der Waals surface area contributed by atoms with Crippen LogP contribution in [0.25, 0.3) is 0 Å². The average Bonchev–Trinajstić information content (AvgIpc) is 2.71. The number of rotatable bonds is 3. The quantitative estimate of drug-likeness (QED) is 0.771. The molecule has 1 unspecified atom stereocenters. The zero-order chi connectivity index (χ0) is 12.4. The molecule has 1 atom stereocenters. The summed E-state index contributed by atoms with van der Waals surface area (Å²) in [7, 11) is 1.94. The molecule has 0 saturated carbocycles. The summed E-state index contributed by atoms with van der Waals surface area (Å²) < 4.78 is 8.01. The molecule has 0 bridgehead atoms. The minimum Gasteiger partial charge on any atom is -0.464 e. The lowest BCUT2D eigenvalue weighted by atomic mass is 10.1. The zero-order valence-corrected chi connectivity index (χ0v) is 13.4. The Morgan fingerprint density at radius 1 is 1.29 bits per heavy atom. The second-order valence-corrected chi connectivity index (χ2v) is 5.91. The Morgan fingerprint density at radius 3 is 2.65 bits per heavy atom. The van der Waals surface area contributed by atoms with E-state index in [1.807, 2.05) is 32.2 Å². The third-order valence-corrected chi connectivity index (χ3v) is 4.08. The van der Waals surface area contributed by atoms with Crippen molar-refractivity contribution in [2.75, 3.05) is 7.05 Å². The lowest BCUT2D eigenvalue weighted by Gasteiger charge is -2.16. The molecule has 0 aliphatic carbocycles. The zero-order valence-electron chi connectivity index (χ0n) is 9.63. The smallest absolute Gasteiger partial charge is 0.125 e. The first-order chi connectivity index (χ1) is 8.11. The van der Waals surface area contributed by atoms with Crippen LogP contribution in [-0.4, -0.2) is 7.05 Å². The van der Waals surface area contributed by atoms with E-state index in [1.54, 1.807) is 0 Å². The molecule has 2 aromatic rings. The number of nitrogens with one attached hydrogen (secondary N) is 1. The van der Waals surface area contributed by atoms with Crippen molar-refractivity contribution < 1.29 is 4.42 Å². The fourth-order valence-electron chi connectivity index (χ4n) is 1.80. The number of hydrogen-bond donors (Lipinski definition) is 1.